The molecule has 0 amide bonds. The van der Waals surface area contributed by atoms with Crippen LogP contribution in [0.3, 0.4) is 0 Å². The maximum atomic E-state index is 5.80. The molecule has 0 aromatic heterocycles. The van der Waals surface area contributed by atoms with Gasteiger partial charge in [-0.15, -0.1) is 0 Å². The van der Waals surface area contributed by atoms with E-state index in [1.54, 1.807) is 0 Å². The van der Waals surface area contributed by atoms with Crippen LogP contribution < -0.4 is 22.0 Å². The van der Waals surface area contributed by atoms with Gasteiger partial charge in [-0.1, -0.05) is 13.8 Å². The van der Waals surface area contributed by atoms with Crippen LogP contribution in [0.4, 0.5) is 0 Å². The first-order valence-electron chi connectivity index (χ1n) is 5.59. The van der Waals surface area contributed by atoms with Gasteiger partial charge in [0.25, 0.3) is 0 Å². The van der Waals surface area contributed by atoms with Gasteiger partial charge in [-0.3, -0.25) is 22.0 Å². The Balaban J connectivity index is 3.21. The minimum absolute atomic E-state index is 0.435. The van der Waals surface area contributed by atoms with Crippen LogP contribution in [0.2, 0.25) is 0 Å². The molecule has 1 aliphatic rings. The van der Waals surface area contributed by atoms with E-state index >= 15 is 0 Å². The van der Waals surface area contributed by atoms with E-state index < -0.39 is 22.7 Å². The van der Waals surface area contributed by atoms with Gasteiger partial charge in [0.15, 0.2) is 0 Å². The summed E-state index contributed by atoms with van der Waals surface area (Å²) in [5.41, 5.74) is 23.2. The summed E-state index contributed by atoms with van der Waals surface area (Å²) < 4.78 is 23.5. The molecule has 1 aliphatic heterocycles. The molecular weight excluding hydrogens is 295 g/mol. The molecule has 1 rings (SSSR count). The monoisotopic (exact) mass is 317 g/mol. The second-order valence-electron chi connectivity index (χ2n) is 3.83. The number of hydrogen-bond acceptors (Lipinski definition) is 9. The van der Waals surface area contributed by atoms with Crippen LogP contribution in [0.5, 0.6) is 0 Å². The summed E-state index contributed by atoms with van der Waals surface area (Å²) in [4.78, 5) is 0. The van der Waals surface area contributed by atoms with Gasteiger partial charge in [0.05, 0.1) is 13.2 Å². The standard InChI is InChI=1S/C6H22N7O2P3/c1-3-5-14-18(15-6-4-2)12-16(7,8)11-17(9,10)13-18/h3-10H2,1-2H3. The second kappa shape index (κ2) is 6.27. The molecule has 8 N–H and O–H groups in total. The Morgan fingerprint density at radius 3 is 1.61 bits per heavy atom. The van der Waals surface area contributed by atoms with E-state index in [0.29, 0.717) is 13.2 Å². The van der Waals surface area contributed by atoms with Gasteiger partial charge in [-0.05, 0) is 12.8 Å². The Labute approximate surface area is 108 Å². The predicted molar refractivity (Wildman–Crippen MR) is 77.3 cm³/mol. The second-order valence-corrected chi connectivity index (χ2v) is 10.3. The Morgan fingerprint density at radius 1 is 0.778 bits per heavy atom. The minimum atomic E-state index is -2.91. The average molecular weight is 317 g/mol. The van der Waals surface area contributed by atoms with Crippen LogP contribution in [0.15, 0.2) is 13.5 Å². The first-order chi connectivity index (χ1) is 8.24. The molecular formula is C6H22N7O2P3. The first kappa shape index (κ1) is 16.5. The molecule has 0 spiro atoms. The molecule has 12 heteroatoms. The number of rotatable bonds is 6. The van der Waals surface area contributed by atoms with E-state index in [2.05, 4.69) is 13.5 Å². The summed E-state index contributed by atoms with van der Waals surface area (Å²) in [6.07, 6.45) is 1.58. The topological polar surface area (TPSA) is 160 Å². The fourth-order valence-corrected chi connectivity index (χ4v) is 9.08. The zero-order chi connectivity index (χ0) is 13.9. The normalized spacial score (nSPS) is 23.7. The van der Waals surface area contributed by atoms with Gasteiger partial charge < -0.3 is 9.05 Å². The lowest BCUT2D eigenvalue weighted by molar-refractivity contribution is 0.241. The molecule has 9 nitrogen and oxygen atoms in total. The van der Waals surface area contributed by atoms with E-state index in [9.17, 15) is 0 Å². The zero-order valence-corrected chi connectivity index (χ0v) is 13.3. The highest BCUT2D eigenvalue weighted by Crippen LogP contribution is 2.70. The van der Waals surface area contributed by atoms with Crippen LogP contribution in [-0.4, -0.2) is 13.2 Å². The summed E-state index contributed by atoms with van der Waals surface area (Å²) in [5.74, 6) is 0. The van der Waals surface area contributed by atoms with Crippen molar-refractivity contribution in [1.82, 2.24) is 0 Å². The Kier molecular flexibility index (Phi) is 5.75. The molecule has 0 saturated heterocycles. The number of nitrogens with two attached hydrogens (primary N) is 4. The molecule has 108 valence electrons. The average Bonchev–Trinajstić information content (AvgIpc) is 2.19. The fraction of sp³-hybridized carbons (Fsp3) is 1.00. The highest BCUT2D eigenvalue weighted by atomic mass is 31.3. The molecule has 1 heterocycles. The van der Waals surface area contributed by atoms with Crippen molar-refractivity contribution >= 4 is 22.7 Å². The van der Waals surface area contributed by atoms with E-state index in [1.165, 1.54) is 0 Å². The minimum Gasteiger partial charge on any atom is -0.306 e. The van der Waals surface area contributed by atoms with Crippen molar-refractivity contribution in [2.24, 2.45) is 35.6 Å². The van der Waals surface area contributed by atoms with E-state index in [1.807, 2.05) is 13.8 Å². The molecule has 0 bridgehead atoms. The van der Waals surface area contributed by atoms with Crippen molar-refractivity contribution in [2.75, 3.05) is 13.2 Å². The third-order valence-corrected chi connectivity index (χ3v) is 9.16. The third kappa shape index (κ3) is 4.85. The van der Waals surface area contributed by atoms with Crippen LogP contribution in [0, 0.1) is 0 Å². The molecule has 0 aromatic carbocycles. The Hall–Kier alpha value is 0.450. The third-order valence-electron chi connectivity index (χ3n) is 1.73. The summed E-state index contributed by atoms with van der Waals surface area (Å²) >= 11 is 0. The maximum absolute atomic E-state index is 5.80. The largest absolute Gasteiger partial charge is 0.345 e. The smallest absolute Gasteiger partial charge is 0.306 e. The SMILES string of the molecule is CCCOP1(OCCC)=NP(N)(N)=NP(N)(N)=N1. The van der Waals surface area contributed by atoms with Gasteiger partial charge in [-0.2, -0.15) is 13.5 Å². The number of hydrogen-bond donors (Lipinski definition) is 4. The van der Waals surface area contributed by atoms with E-state index in [4.69, 9.17) is 31.1 Å². The van der Waals surface area contributed by atoms with Crippen LogP contribution in [0.1, 0.15) is 26.7 Å². The van der Waals surface area contributed by atoms with Crippen molar-refractivity contribution < 1.29 is 9.05 Å². The van der Waals surface area contributed by atoms with Gasteiger partial charge in [0.2, 0.25) is 15.0 Å². The van der Waals surface area contributed by atoms with Crippen molar-refractivity contribution in [1.29, 1.82) is 0 Å². The predicted octanol–water partition coefficient (Wildman–Crippen LogP) is 2.53. The van der Waals surface area contributed by atoms with Crippen molar-refractivity contribution in [3.63, 3.8) is 0 Å². The molecule has 0 unspecified atom stereocenters. The van der Waals surface area contributed by atoms with Gasteiger partial charge >= 0.3 is 7.66 Å². The van der Waals surface area contributed by atoms with Gasteiger partial charge in [0.1, 0.15) is 0 Å². The van der Waals surface area contributed by atoms with Crippen molar-refractivity contribution in [3.05, 3.63) is 0 Å². The molecule has 18 heavy (non-hydrogen) atoms. The maximum Gasteiger partial charge on any atom is 0.345 e. The van der Waals surface area contributed by atoms with Crippen molar-refractivity contribution in [2.45, 2.75) is 26.7 Å². The highest BCUT2D eigenvalue weighted by Gasteiger charge is 2.32. The molecule has 0 saturated carbocycles. The van der Waals surface area contributed by atoms with Crippen molar-refractivity contribution in [3.8, 4) is 0 Å². The summed E-state index contributed by atoms with van der Waals surface area (Å²) in [6, 6.07) is 0. The van der Waals surface area contributed by atoms with Gasteiger partial charge in [0, 0.05) is 0 Å². The lowest BCUT2D eigenvalue weighted by atomic mass is 10.5. The van der Waals surface area contributed by atoms with Gasteiger partial charge in [-0.25, -0.2) is 0 Å². The highest BCUT2D eigenvalue weighted by molar-refractivity contribution is 7.81. The van der Waals surface area contributed by atoms with E-state index in [0.717, 1.165) is 12.8 Å². The molecule has 0 radical (unpaired) electrons. The van der Waals surface area contributed by atoms with E-state index in [-0.39, 0.29) is 0 Å². The lowest BCUT2D eigenvalue weighted by Gasteiger charge is -2.28. The molecule has 0 aliphatic carbocycles. The zero-order valence-electron chi connectivity index (χ0n) is 10.6. The Morgan fingerprint density at radius 2 is 1.22 bits per heavy atom. The first-order valence-corrected chi connectivity index (χ1v) is 10.8. The molecule has 0 fully saturated rings. The quantitative estimate of drug-likeness (QED) is 0.550. The lowest BCUT2D eigenvalue weighted by Crippen LogP contribution is -2.12. The van der Waals surface area contributed by atoms with Crippen LogP contribution in [0.25, 0.3) is 0 Å². The fourth-order valence-electron chi connectivity index (χ4n) is 1.21. The number of nitrogens with zero attached hydrogens (tertiary/aromatic N) is 3. The van der Waals surface area contributed by atoms with Crippen LogP contribution >= 0.6 is 22.7 Å². The summed E-state index contributed by atoms with van der Waals surface area (Å²) in [6.45, 7) is 4.80. The molecule has 0 aromatic rings. The molecule has 0 atom stereocenters. The summed E-state index contributed by atoms with van der Waals surface area (Å²) in [7, 11) is -8.72. The Bertz CT molecular complexity index is 431. The summed E-state index contributed by atoms with van der Waals surface area (Å²) in [5, 5.41) is 0. The van der Waals surface area contributed by atoms with Crippen LogP contribution in [-0.2, 0) is 9.05 Å².